The number of benzene rings is 2. The second kappa shape index (κ2) is 11.1. The summed E-state index contributed by atoms with van der Waals surface area (Å²) in [6.07, 6.45) is 4.02. The second-order valence-electron chi connectivity index (χ2n) is 9.01. The van der Waals surface area contributed by atoms with E-state index in [-0.39, 0.29) is 11.9 Å². The highest BCUT2D eigenvalue weighted by atomic mass is 16.5. The number of nitrogens with one attached hydrogen (secondary N) is 1. The summed E-state index contributed by atoms with van der Waals surface area (Å²) in [5.41, 5.74) is 2.90. The molecule has 3 heterocycles. The first-order chi connectivity index (χ1) is 17.7. The van der Waals surface area contributed by atoms with Crippen molar-refractivity contribution in [1.29, 1.82) is 0 Å². The van der Waals surface area contributed by atoms with Crippen molar-refractivity contribution in [3.63, 3.8) is 0 Å². The van der Waals surface area contributed by atoms with Gasteiger partial charge in [-0.1, -0.05) is 42.5 Å². The van der Waals surface area contributed by atoms with Crippen molar-refractivity contribution in [1.82, 2.24) is 30.0 Å². The van der Waals surface area contributed by atoms with Crippen molar-refractivity contribution in [2.24, 2.45) is 0 Å². The third kappa shape index (κ3) is 5.78. The third-order valence-electron chi connectivity index (χ3n) is 6.36. The first kappa shape index (κ1) is 23.7. The Labute approximate surface area is 211 Å². The average molecular weight is 483 g/mol. The molecule has 1 unspecified atom stereocenters. The molecule has 1 aliphatic rings. The minimum absolute atomic E-state index is 0.169. The first-order valence-corrected chi connectivity index (χ1v) is 12.3. The van der Waals surface area contributed by atoms with E-state index in [1.807, 2.05) is 37.3 Å². The van der Waals surface area contributed by atoms with Crippen molar-refractivity contribution >= 4 is 5.91 Å². The zero-order valence-electron chi connectivity index (χ0n) is 20.4. The summed E-state index contributed by atoms with van der Waals surface area (Å²) >= 11 is 0. The summed E-state index contributed by atoms with van der Waals surface area (Å²) in [4.78, 5) is 19.0. The summed E-state index contributed by atoms with van der Waals surface area (Å²) in [7, 11) is 0. The van der Waals surface area contributed by atoms with Crippen LogP contribution in [-0.2, 0) is 26.1 Å². The molecule has 0 saturated carbocycles. The van der Waals surface area contributed by atoms with Gasteiger partial charge in [-0.2, -0.15) is 0 Å². The summed E-state index contributed by atoms with van der Waals surface area (Å²) < 4.78 is 8.16. The highest BCUT2D eigenvalue weighted by Gasteiger charge is 2.23. The van der Waals surface area contributed by atoms with E-state index in [1.165, 1.54) is 5.56 Å². The zero-order valence-corrected chi connectivity index (χ0v) is 20.4. The van der Waals surface area contributed by atoms with Crippen LogP contribution >= 0.6 is 0 Å². The van der Waals surface area contributed by atoms with E-state index in [1.54, 1.807) is 24.5 Å². The summed E-state index contributed by atoms with van der Waals surface area (Å²) in [5, 5.41) is 11.8. The molecule has 1 amide bonds. The lowest BCUT2D eigenvalue weighted by Gasteiger charge is -2.20. The number of ether oxygens (including phenoxy) is 1. The van der Waals surface area contributed by atoms with Gasteiger partial charge in [0.05, 0.1) is 11.6 Å². The maximum Gasteiger partial charge on any atom is 0.253 e. The van der Waals surface area contributed by atoms with Gasteiger partial charge in [0, 0.05) is 45.0 Å². The molecule has 1 N–H and O–H groups in total. The van der Waals surface area contributed by atoms with Crippen LogP contribution in [0.25, 0.3) is 0 Å². The number of rotatable bonds is 8. The highest BCUT2D eigenvalue weighted by molar-refractivity contribution is 5.94. The molecule has 8 nitrogen and oxygen atoms in total. The fourth-order valence-corrected chi connectivity index (χ4v) is 4.44. The fourth-order valence-electron chi connectivity index (χ4n) is 4.44. The predicted octanol–water partition coefficient (Wildman–Crippen LogP) is 3.80. The number of pyridine rings is 1. The van der Waals surface area contributed by atoms with Crippen LogP contribution in [0.1, 0.15) is 46.1 Å². The lowest BCUT2D eigenvalue weighted by atomic mass is 10.2. The molecule has 8 heteroatoms. The van der Waals surface area contributed by atoms with E-state index < -0.39 is 0 Å². The van der Waals surface area contributed by atoms with Crippen molar-refractivity contribution in [3.05, 3.63) is 107 Å². The first-order valence-electron chi connectivity index (χ1n) is 12.3. The molecular weight excluding hydrogens is 452 g/mol. The van der Waals surface area contributed by atoms with Gasteiger partial charge >= 0.3 is 0 Å². The predicted molar refractivity (Wildman–Crippen MR) is 136 cm³/mol. The minimum Gasteiger partial charge on any atom is -0.489 e. The molecule has 4 aromatic rings. The van der Waals surface area contributed by atoms with Crippen LogP contribution in [-0.4, -0.2) is 43.6 Å². The molecule has 0 saturated heterocycles. The number of hydrogen-bond donors (Lipinski definition) is 1. The molecule has 1 aliphatic heterocycles. The lowest BCUT2D eigenvalue weighted by molar-refractivity contribution is 0.0937. The van der Waals surface area contributed by atoms with Gasteiger partial charge in [0.1, 0.15) is 18.2 Å². The van der Waals surface area contributed by atoms with Gasteiger partial charge < -0.3 is 14.6 Å². The van der Waals surface area contributed by atoms with Gasteiger partial charge in [0.25, 0.3) is 5.91 Å². The standard InChI is InChI=1S/C28H30N6O2/c1-21(30-28(35)24-10-6-13-29-18-24)27-32-31-26-12-14-33(15-16-34(26)27)19-23-9-5-11-25(17-23)36-20-22-7-3-2-4-8-22/h2-11,13,17-18,21H,12,14-16,19-20H2,1H3,(H,30,35). The van der Waals surface area contributed by atoms with Crippen molar-refractivity contribution in [2.45, 2.75) is 39.1 Å². The number of hydrogen-bond acceptors (Lipinski definition) is 6. The molecule has 1 atom stereocenters. The van der Waals surface area contributed by atoms with Crippen LogP contribution in [0.5, 0.6) is 5.75 Å². The normalized spacial score (nSPS) is 14.5. The summed E-state index contributed by atoms with van der Waals surface area (Å²) in [5.74, 6) is 2.44. The topological polar surface area (TPSA) is 85.2 Å². The van der Waals surface area contributed by atoms with Crippen molar-refractivity contribution < 1.29 is 9.53 Å². The van der Waals surface area contributed by atoms with Crippen LogP contribution in [0.2, 0.25) is 0 Å². The Balaban J connectivity index is 1.18. The maximum atomic E-state index is 12.6. The molecule has 0 spiro atoms. The monoisotopic (exact) mass is 482 g/mol. The van der Waals surface area contributed by atoms with Gasteiger partial charge in [-0.25, -0.2) is 0 Å². The second-order valence-corrected chi connectivity index (χ2v) is 9.01. The Kier molecular flexibility index (Phi) is 7.33. The minimum atomic E-state index is -0.260. The van der Waals surface area contributed by atoms with Gasteiger partial charge in [0.15, 0.2) is 5.82 Å². The molecule has 2 aromatic carbocycles. The number of aromatic nitrogens is 4. The number of fused-ring (bicyclic) bond motifs is 1. The Morgan fingerprint density at radius 3 is 2.69 bits per heavy atom. The van der Waals surface area contributed by atoms with Gasteiger partial charge in [-0.3, -0.25) is 14.7 Å². The largest absolute Gasteiger partial charge is 0.489 e. The van der Waals surface area contributed by atoms with Gasteiger partial charge in [-0.05, 0) is 42.3 Å². The van der Waals surface area contributed by atoms with E-state index in [0.717, 1.165) is 55.6 Å². The molecule has 0 radical (unpaired) electrons. The van der Waals surface area contributed by atoms with Gasteiger partial charge in [0.2, 0.25) is 0 Å². The average Bonchev–Trinajstić information content (AvgIpc) is 3.23. The Morgan fingerprint density at radius 2 is 1.86 bits per heavy atom. The van der Waals surface area contributed by atoms with Crippen LogP contribution in [0.15, 0.2) is 79.1 Å². The zero-order chi connectivity index (χ0) is 24.7. The molecule has 184 valence electrons. The molecule has 0 bridgehead atoms. The molecule has 0 fully saturated rings. The summed E-state index contributed by atoms with van der Waals surface area (Å²) in [6, 6.07) is 21.7. The van der Waals surface area contributed by atoms with Crippen LogP contribution in [0.3, 0.4) is 0 Å². The van der Waals surface area contributed by atoms with E-state index in [4.69, 9.17) is 4.74 Å². The smallest absolute Gasteiger partial charge is 0.253 e. The fraction of sp³-hybridized carbons (Fsp3) is 0.286. The highest BCUT2D eigenvalue weighted by Crippen LogP contribution is 2.20. The third-order valence-corrected chi connectivity index (χ3v) is 6.36. The van der Waals surface area contributed by atoms with Crippen molar-refractivity contribution in [2.75, 3.05) is 13.1 Å². The number of nitrogens with zero attached hydrogens (tertiary/aromatic N) is 5. The number of carbonyl (C=O) groups excluding carboxylic acids is 1. The van der Waals surface area contributed by atoms with E-state index in [2.05, 4.69) is 54.2 Å². The molecule has 5 rings (SSSR count). The maximum absolute atomic E-state index is 12.6. The van der Waals surface area contributed by atoms with Crippen molar-refractivity contribution in [3.8, 4) is 5.75 Å². The molecule has 2 aromatic heterocycles. The molecule has 36 heavy (non-hydrogen) atoms. The SMILES string of the molecule is CC(NC(=O)c1cccnc1)c1nnc2n1CCN(Cc1cccc(OCc3ccccc3)c1)CC2. The number of carbonyl (C=O) groups is 1. The van der Waals surface area contributed by atoms with E-state index >= 15 is 0 Å². The lowest BCUT2D eigenvalue weighted by Crippen LogP contribution is -2.30. The van der Waals surface area contributed by atoms with Crippen LogP contribution < -0.4 is 10.1 Å². The molecular formula is C28H30N6O2. The van der Waals surface area contributed by atoms with Gasteiger partial charge in [-0.15, -0.1) is 10.2 Å². The molecule has 0 aliphatic carbocycles. The Morgan fingerprint density at radius 1 is 1.00 bits per heavy atom. The summed E-state index contributed by atoms with van der Waals surface area (Å²) in [6.45, 7) is 5.87. The van der Waals surface area contributed by atoms with Crippen LogP contribution in [0.4, 0.5) is 0 Å². The quantitative estimate of drug-likeness (QED) is 0.411. The Bertz CT molecular complexity index is 1290. The number of amides is 1. The Hall–Kier alpha value is -4.04. The van der Waals surface area contributed by atoms with E-state index in [0.29, 0.717) is 12.2 Å². The van der Waals surface area contributed by atoms with Crippen LogP contribution in [0, 0.1) is 0 Å². The van der Waals surface area contributed by atoms with E-state index in [9.17, 15) is 4.79 Å².